The van der Waals surface area contributed by atoms with Gasteiger partial charge in [-0.1, -0.05) is 13.3 Å². The van der Waals surface area contributed by atoms with Gasteiger partial charge in [0.1, 0.15) is 17.2 Å². The molecule has 0 bridgehead atoms. The zero-order chi connectivity index (χ0) is 15.6. The molecular weight excluding hydrogens is 286 g/mol. The minimum Gasteiger partial charge on any atom is -0.355 e. The number of hydrogen-bond acceptors (Lipinski definition) is 4. The van der Waals surface area contributed by atoms with Crippen molar-refractivity contribution >= 4 is 27.5 Å². The largest absolute Gasteiger partial charge is 0.355 e. The Morgan fingerprint density at radius 2 is 2.05 bits per heavy atom. The standard InChI is InChI=1S/C15H21N3O2S/c1-5-6-7-16-12(19)8-18-11(4)17-14-13(15(18)20)9(2)10(3)21-14/h5-8H2,1-4H3,(H,16,19). The molecule has 1 amide bonds. The second kappa shape index (κ2) is 6.39. The first kappa shape index (κ1) is 15.7. The molecule has 114 valence electrons. The van der Waals surface area contributed by atoms with Crippen molar-refractivity contribution in [1.29, 1.82) is 0 Å². The first-order valence-corrected chi connectivity index (χ1v) is 8.01. The number of carbonyl (C=O) groups is 1. The summed E-state index contributed by atoms with van der Waals surface area (Å²) in [6.07, 6.45) is 1.97. The highest BCUT2D eigenvalue weighted by Gasteiger charge is 2.16. The molecule has 0 aliphatic rings. The first-order chi connectivity index (χ1) is 9.95. The van der Waals surface area contributed by atoms with Gasteiger partial charge in [0.05, 0.1) is 5.39 Å². The van der Waals surface area contributed by atoms with E-state index in [1.165, 1.54) is 15.9 Å². The van der Waals surface area contributed by atoms with E-state index in [1.54, 1.807) is 6.92 Å². The molecule has 0 radical (unpaired) electrons. The van der Waals surface area contributed by atoms with Crippen molar-refractivity contribution in [2.45, 2.75) is 47.1 Å². The summed E-state index contributed by atoms with van der Waals surface area (Å²) in [5.74, 6) is 0.443. The van der Waals surface area contributed by atoms with Crippen LogP contribution in [0.1, 0.15) is 36.0 Å². The number of nitrogens with zero attached hydrogens (tertiary/aromatic N) is 2. The molecule has 2 rings (SSSR count). The number of thiophene rings is 1. The van der Waals surface area contributed by atoms with E-state index in [1.807, 2.05) is 13.8 Å². The molecule has 2 aromatic rings. The number of unbranched alkanes of at least 4 members (excludes halogenated alkanes) is 1. The number of nitrogens with one attached hydrogen (secondary N) is 1. The lowest BCUT2D eigenvalue weighted by atomic mass is 10.2. The summed E-state index contributed by atoms with van der Waals surface area (Å²) >= 11 is 1.53. The molecule has 2 heterocycles. The van der Waals surface area contributed by atoms with Crippen molar-refractivity contribution in [1.82, 2.24) is 14.9 Å². The Morgan fingerprint density at radius 3 is 2.71 bits per heavy atom. The number of aromatic nitrogens is 2. The summed E-state index contributed by atoms with van der Waals surface area (Å²) in [7, 11) is 0. The lowest BCUT2D eigenvalue weighted by Gasteiger charge is -2.10. The summed E-state index contributed by atoms with van der Waals surface area (Å²) < 4.78 is 1.46. The van der Waals surface area contributed by atoms with Crippen LogP contribution in [0.4, 0.5) is 0 Å². The van der Waals surface area contributed by atoms with Gasteiger partial charge in [-0.05, 0) is 32.8 Å². The number of amides is 1. The summed E-state index contributed by atoms with van der Waals surface area (Å²) in [5, 5.41) is 3.47. The van der Waals surface area contributed by atoms with Crippen LogP contribution in [-0.4, -0.2) is 22.0 Å². The summed E-state index contributed by atoms with van der Waals surface area (Å²) in [5.41, 5.74) is 0.845. The fourth-order valence-electron chi connectivity index (χ4n) is 2.22. The number of fused-ring (bicyclic) bond motifs is 1. The Hall–Kier alpha value is -1.69. The van der Waals surface area contributed by atoms with Crippen LogP contribution in [0.2, 0.25) is 0 Å². The molecule has 5 nitrogen and oxygen atoms in total. The third-order valence-corrected chi connectivity index (χ3v) is 4.74. The van der Waals surface area contributed by atoms with Gasteiger partial charge in [0, 0.05) is 11.4 Å². The van der Waals surface area contributed by atoms with Gasteiger partial charge >= 0.3 is 0 Å². The smallest absolute Gasteiger partial charge is 0.263 e. The highest BCUT2D eigenvalue weighted by Crippen LogP contribution is 2.26. The predicted octanol–water partition coefficient (Wildman–Crippen LogP) is 2.30. The molecule has 0 fully saturated rings. The highest BCUT2D eigenvalue weighted by molar-refractivity contribution is 7.18. The Labute approximate surface area is 128 Å². The fraction of sp³-hybridized carbons (Fsp3) is 0.533. The Bertz CT molecular complexity index is 731. The van der Waals surface area contributed by atoms with E-state index >= 15 is 0 Å². The molecule has 0 saturated carbocycles. The molecule has 2 aromatic heterocycles. The Morgan fingerprint density at radius 1 is 1.33 bits per heavy atom. The van der Waals surface area contributed by atoms with E-state index in [0.717, 1.165) is 28.1 Å². The summed E-state index contributed by atoms with van der Waals surface area (Å²) in [6, 6.07) is 0. The van der Waals surface area contributed by atoms with Gasteiger partial charge in [-0.2, -0.15) is 0 Å². The maximum Gasteiger partial charge on any atom is 0.263 e. The van der Waals surface area contributed by atoms with Crippen LogP contribution in [0.3, 0.4) is 0 Å². The molecule has 0 aliphatic carbocycles. The predicted molar refractivity (Wildman–Crippen MR) is 86.0 cm³/mol. The van der Waals surface area contributed by atoms with Crippen LogP contribution in [0.5, 0.6) is 0 Å². The van der Waals surface area contributed by atoms with Crippen LogP contribution in [0, 0.1) is 20.8 Å². The molecule has 0 atom stereocenters. The lowest BCUT2D eigenvalue weighted by molar-refractivity contribution is -0.121. The molecule has 21 heavy (non-hydrogen) atoms. The van der Waals surface area contributed by atoms with Crippen molar-refractivity contribution in [3.05, 3.63) is 26.6 Å². The highest BCUT2D eigenvalue weighted by atomic mass is 32.1. The van der Waals surface area contributed by atoms with Gasteiger partial charge in [-0.3, -0.25) is 14.2 Å². The van der Waals surface area contributed by atoms with Crippen LogP contribution >= 0.6 is 11.3 Å². The molecule has 0 spiro atoms. The zero-order valence-electron chi connectivity index (χ0n) is 12.9. The van der Waals surface area contributed by atoms with Gasteiger partial charge in [0.25, 0.3) is 5.56 Å². The van der Waals surface area contributed by atoms with Crippen molar-refractivity contribution in [3.63, 3.8) is 0 Å². The topological polar surface area (TPSA) is 64.0 Å². The second-order valence-corrected chi connectivity index (χ2v) is 6.42. The second-order valence-electron chi connectivity index (χ2n) is 5.22. The molecule has 0 aromatic carbocycles. The molecule has 0 saturated heterocycles. The number of aryl methyl sites for hydroxylation is 3. The third-order valence-electron chi connectivity index (χ3n) is 3.63. The lowest BCUT2D eigenvalue weighted by Crippen LogP contribution is -2.34. The summed E-state index contributed by atoms with van der Waals surface area (Å²) in [6.45, 7) is 8.43. The van der Waals surface area contributed by atoms with E-state index in [-0.39, 0.29) is 18.0 Å². The molecule has 1 N–H and O–H groups in total. The monoisotopic (exact) mass is 307 g/mol. The number of rotatable bonds is 5. The van der Waals surface area contributed by atoms with Crippen molar-refractivity contribution in [2.75, 3.05) is 6.54 Å². The Kier molecular flexibility index (Phi) is 4.77. The van der Waals surface area contributed by atoms with Gasteiger partial charge in [0.2, 0.25) is 5.91 Å². The van der Waals surface area contributed by atoms with Crippen LogP contribution < -0.4 is 10.9 Å². The molecule has 6 heteroatoms. The van der Waals surface area contributed by atoms with E-state index in [4.69, 9.17) is 0 Å². The van der Waals surface area contributed by atoms with Crippen LogP contribution in [0.25, 0.3) is 10.2 Å². The number of hydrogen-bond donors (Lipinski definition) is 1. The average molecular weight is 307 g/mol. The summed E-state index contributed by atoms with van der Waals surface area (Å²) in [4.78, 5) is 30.8. The average Bonchev–Trinajstić information content (AvgIpc) is 2.70. The van der Waals surface area contributed by atoms with Gasteiger partial charge in [0.15, 0.2) is 0 Å². The van der Waals surface area contributed by atoms with Gasteiger partial charge in [-0.15, -0.1) is 11.3 Å². The Balaban J connectivity index is 2.34. The third kappa shape index (κ3) is 3.15. The minimum atomic E-state index is -0.139. The SMILES string of the molecule is CCCCNC(=O)Cn1c(C)nc2sc(C)c(C)c2c1=O. The van der Waals surface area contributed by atoms with Crippen molar-refractivity contribution in [2.24, 2.45) is 0 Å². The number of carbonyl (C=O) groups excluding carboxylic acids is 1. The molecular formula is C15H21N3O2S. The maximum atomic E-state index is 12.6. The van der Waals surface area contributed by atoms with Crippen LogP contribution in [0.15, 0.2) is 4.79 Å². The molecule has 0 unspecified atom stereocenters. The minimum absolute atomic E-state index is 0.0334. The van der Waals surface area contributed by atoms with E-state index in [9.17, 15) is 9.59 Å². The normalized spacial score (nSPS) is 11.0. The molecule has 0 aliphatic heterocycles. The van der Waals surface area contributed by atoms with Crippen molar-refractivity contribution in [3.8, 4) is 0 Å². The van der Waals surface area contributed by atoms with Crippen LogP contribution in [-0.2, 0) is 11.3 Å². The van der Waals surface area contributed by atoms with E-state index in [2.05, 4.69) is 17.2 Å². The van der Waals surface area contributed by atoms with E-state index < -0.39 is 0 Å². The fourth-order valence-corrected chi connectivity index (χ4v) is 3.28. The van der Waals surface area contributed by atoms with Gasteiger partial charge in [-0.25, -0.2) is 4.98 Å². The first-order valence-electron chi connectivity index (χ1n) is 7.19. The van der Waals surface area contributed by atoms with Gasteiger partial charge < -0.3 is 5.32 Å². The van der Waals surface area contributed by atoms with E-state index in [0.29, 0.717) is 17.8 Å². The maximum absolute atomic E-state index is 12.6. The quantitative estimate of drug-likeness (QED) is 0.862. The zero-order valence-corrected chi connectivity index (χ0v) is 13.8. The van der Waals surface area contributed by atoms with Crippen molar-refractivity contribution < 1.29 is 4.79 Å².